The molecular formula is C13H26N2O3. The fraction of sp³-hybridized carbons (Fsp3) is 0.923. The smallest absolute Gasteiger partial charge is 0.332 e. The molecular weight excluding hydrogens is 232 g/mol. The van der Waals surface area contributed by atoms with E-state index >= 15 is 0 Å². The Kier molecular flexibility index (Phi) is 7.23. The number of carbonyl (C=O) groups excluding carboxylic acids is 1. The minimum atomic E-state index is -0.280. The third kappa shape index (κ3) is 5.80. The fourth-order valence-corrected chi connectivity index (χ4v) is 2.25. The van der Waals surface area contributed by atoms with Gasteiger partial charge in [-0.2, -0.15) is 0 Å². The average Bonchev–Trinajstić information content (AvgIpc) is 2.35. The Morgan fingerprint density at radius 3 is 2.94 bits per heavy atom. The zero-order valence-corrected chi connectivity index (χ0v) is 11.9. The van der Waals surface area contributed by atoms with Crippen molar-refractivity contribution in [2.75, 3.05) is 53.6 Å². The molecule has 1 unspecified atom stereocenters. The van der Waals surface area contributed by atoms with Crippen LogP contribution in [-0.4, -0.2) is 75.4 Å². The van der Waals surface area contributed by atoms with Crippen molar-refractivity contribution in [1.82, 2.24) is 9.80 Å². The van der Waals surface area contributed by atoms with Crippen LogP contribution in [0.25, 0.3) is 0 Å². The van der Waals surface area contributed by atoms with Crippen LogP contribution in [0.15, 0.2) is 0 Å². The van der Waals surface area contributed by atoms with Gasteiger partial charge in [0, 0.05) is 19.1 Å². The predicted octanol–water partition coefficient (Wildman–Crippen LogP) is 0.592. The lowest BCUT2D eigenvalue weighted by Gasteiger charge is -2.35. The quantitative estimate of drug-likeness (QED) is 0.494. The normalized spacial score (nSPS) is 21.2. The SMILES string of the molecule is CCOC(=O)COCCN(C)C1CCCN(C)C1. The molecule has 0 saturated carbocycles. The summed E-state index contributed by atoms with van der Waals surface area (Å²) in [5.74, 6) is -0.280. The standard InChI is InChI=1S/C13H26N2O3/c1-4-18-13(16)11-17-9-8-15(3)12-6-5-7-14(2)10-12/h12H,4-11H2,1-3H3. The molecule has 106 valence electrons. The summed E-state index contributed by atoms with van der Waals surface area (Å²) in [6.07, 6.45) is 2.51. The summed E-state index contributed by atoms with van der Waals surface area (Å²) < 4.78 is 10.1. The number of esters is 1. The maximum atomic E-state index is 11.1. The third-order valence-corrected chi connectivity index (χ3v) is 3.34. The number of hydrogen-bond donors (Lipinski definition) is 0. The molecule has 1 atom stereocenters. The van der Waals surface area contributed by atoms with Gasteiger partial charge < -0.3 is 14.4 Å². The van der Waals surface area contributed by atoms with E-state index in [2.05, 4.69) is 23.9 Å². The molecule has 0 aromatic carbocycles. The van der Waals surface area contributed by atoms with Crippen molar-refractivity contribution in [3.8, 4) is 0 Å². The van der Waals surface area contributed by atoms with Gasteiger partial charge in [0.2, 0.25) is 0 Å². The zero-order valence-electron chi connectivity index (χ0n) is 11.9. The van der Waals surface area contributed by atoms with E-state index < -0.39 is 0 Å². The van der Waals surface area contributed by atoms with Gasteiger partial charge in [-0.1, -0.05) is 0 Å². The Balaban J connectivity index is 2.09. The van der Waals surface area contributed by atoms with Gasteiger partial charge in [-0.15, -0.1) is 0 Å². The Bertz CT molecular complexity index is 248. The summed E-state index contributed by atoms with van der Waals surface area (Å²) >= 11 is 0. The highest BCUT2D eigenvalue weighted by atomic mass is 16.6. The molecule has 1 aliphatic rings. The summed E-state index contributed by atoms with van der Waals surface area (Å²) in [7, 11) is 4.29. The molecule has 1 fully saturated rings. The van der Waals surface area contributed by atoms with Gasteiger partial charge in [-0.3, -0.25) is 4.90 Å². The van der Waals surface area contributed by atoms with Crippen LogP contribution in [-0.2, 0) is 14.3 Å². The second-order valence-electron chi connectivity index (χ2n) is 4.90. The molecule has 1 aliphatic heterocycles. The molecule has 5 heteroatoms. The van der Waals surface area contributed by atoms with Crippen molar-refractivity contribution in [3.05, 3.63) is 0 Å². The van der Waals surface area contributed by atoms with Crippen LogP contribution in [0.3, 0.4) is 0 Å². The molecule has 5 nitrogen and oxygen atoms in total. The first-order valence-corrected chi connectivity index (χ1v) is 6.75. The molecule has 0 aromatic heterocycles. The minimum absolute atomic E-state index is 0.0618. The first kappa shape index (κ1) is 15.4. The zero-order chi connectivity index (χ0) is 13.4. The summed E-state index contributed by atoms with van der Waals surface area (Å²) in [6, 6.07) is 0.606. The minimum Gasteiger partial charge on any atom is -0.464 e. The summed E-state index contributed by atoms with van der Waals surface area (Å²) in [5, 5.41) is 0. The molecule has 0 N–H and O–H groups in total. The molecule has 1 rings (SSSR count). The number of rotatable bonds is 7. The Morgan fingerprint density at radius 1 is 1.50 bits per heavy atom. The van der Waals surface area contributed by atoms with Crippen molar-refractivity contribution >= 4 is 5.97 Å². The number of likely N-dealkylation sites (N-methyl/N-ethyl adjacent to an activating group) is 2. The molecule has 0 amide bonds. The van der Waals surface area contributed by atoms with Crippen LogP contribution in [0, 0.1) is 0 Å². The number of hydrogen-bond acceptors (Lipinski definition) is 5. The maximum Gasteiger partial charge on any atom is 0.332 e. The predicted molar refractivity (Wildman–Crippen MR) is 70.6 cm³/mol. The molecule has 1 saturated heterocycles. The van der Waals surface area contributed by atoms with Crippen molar-refractivity contribution in [3.63, 3.8) is 0 Å². The fourth-order valence-electron chi connectivity index (χ4n) is 2.25. The van der Waals surface area contributed by atoms with E-state index in [4.69, 9.17) is 9.47 Å². The molecule has 1 heterocycles. The van der Waals surface area contributed by atoms with E-state index in [0.717, 1.165) is 13.1 Å². The lowest BCUT2D eigenvalue weighted by Crippen LogP contribution is -2.45. The van der Waals surface area contributed by atoms with Gasteiger partial charge in [0.1, 0.15) is 6.61 Å². The Hall–Kier alpha value is -0.650. The molecule has 0 bridgehead atoms. The monoisotopic (exact) mass is 258 g/mol. The Morgan fingerprint density at radius 2 is 2.28 bits per heavy atom. The van der Waals surface area contributed by atoms with E-state index in [-0.39, 0.29) is 12.6 Å². The molecule has 0 spiro atoms. The van der Waals surface area contributed by atoms with Crippen molar-refractivity contribution < 1.29 is 14.3 Å². The van der Waals surface area contributed by atoms with Crippen LogP contribution in [0.2, 0.25) is 0 Å². The van der Waals surface area contributed by atoms with Crippen LogP contribution >= 0.6 is 0 Å². The van der Waals surface area contributed by atoms with Crippen LogP contribution < -0.4 is 0 Å². The lowest BCUT2D eigenvalue weighted by molar-refractivity contribution is -0.148. The van der Waals surface area contributed by atoms with Gasteiger partial charge >= 0.3 is 5.97 Å². The largest absolute Gasteiger partial charge is 0.464 e. The van der Waals surface area contributed by atoms with Crippen molar-refractivity contribution in [1.29, 1.82) is 0 Å². The number of likely N-dealkylation sites (tertiary alicyclic amines) is 1. The third-order valence-electron chi connectivity index (χ3n) is 3.34. The first-order chi connectivity index (χ1) is 8.63. The van der Waals surface area contributed by atoms with Crippen molar-refractivity contribution in [2.45, 2.75) is 25.8 Å². The summed E-state index contributed by atoms with van der Waals surface area (Å²) in [4.78, 5) is 15.8. The molecule has 18 heavy (non-hydrogen) atoms. The van der Waals surface area contributed by atoms with Gasteiger partial charge in [0.05, 0.1) is 13.2 Å². The number of nitrogens with zero attached hydrogens (tertiary/aromatic N) is 2. The molecule has 0 aromatic rings. The highest BCUT2D eigenvalue weighted by Gasteiger charge is 2.20. The number of piperidine rings is 1. The van der Waals surface area contributed by atoms with Gasteiger partial charge in [-0.05, 0) is 40.4 Å². The van der Waals surface area contributed by atoms with Crippen molar-refractivity contribution in [2.24, 2.45) is 0 Å². The van der Waals surface area contributed by atoms with Gasteiger partial charge in [-0.25, -0.2) is 4.79 Å². The summed E-state index contributed by atoms with van der Waals surface area (Å²) in [5.41, 5.74) is 0. The van der Waals surface area contributed by atoms with Gasteiger partial charge in [0.25, 0.3) is 0 Å². The summed E-state index contributed by atoms with van der Waals surface area (Å²) in [6.45, 7) is 6.03. The highest BCUT2D eigenvalue weighted by Crippen LogP contribution is 2.12. The van der Waals surface area contributed by atoms with E-state index in [1.807, 2.05) is 0 Å². The second-order valence-corrected chi connectivity index (χ2v) is 4.90. The molecule has 0 radical (unpaired) electrons. The van der Waals surface area contributed by atoms with E-state index in [0.29, 0.717) is 19.3 Å². The lowest BCUT2D eigenvalue weighted by atomic mass is 10.1. The highest BCUT2D eigenvalue weighted by molar-refractivity contribution is 5.70. The average molecular weight is 258 g/mol. The van der Waals surface area contributed by atoms with E-state index in [1.54, 1.807) is 6.92 Å². The second kappa shape index (κ2) is 8.45. The first-order valence-electron chi connectivity index (χ1n) is 6.75. The number of carbonyl (C=O) groups is 1. The Labute approximate surface area is 110 Å². The van der Waals surface area contributed by atoms with E-state index in [9.17, 15) is 4.79 Å². The topological polar surface area (TPSA) is 42.0 Å². The van der Waals surface area contributed by atoms with E-state index in [1.165, 1.54) is 19.4 Å². The van der Waals surface area contributed by atoms with Crippen LogP contribution in [0.1, 0.15) is 19.8 Å². The number of ether oxygens (including phenoxy) is 2. The van der Waals surface area contributed by atoms with Crippen LogP contribution in [0.4, 0.5) is 0 Å². The van der Waals surface area contributed by atoms with Crippen LogP contribution in [0.5, 0.6) is 0 Å². The molecule has 0 aliphatic carbocycles. The van der Waals surface area contributed by atoms with Gasteiger partial charge in [0.15, 0.2) is 0 Å². The maximum absolute atomic E-state index is 11.1.